The number of aryl methyl sites for hydroxylation is 1. The van der Waals surface area contributed by atoms with Gasteiger partial charge in [0.15, 0.2) is 0 Å². The Morgan fingerprint density at radius 3 is 2.83 bits per heavy atom. The molecule has 0 fully saturated rings. The molecule has 0 atom stereocenters. The Balaban J connectivity index is 2.25. The van der Waals surface area contributed by atoms with Gasteiger partial charge in [0.1, 0.15) is 12.1 Å². The van der Waals surface area contributed by atoms with Gasteiger partial charge in [0.25, 0.3) is 0 Å². The molecule has 0 amide bonds. The summed E-state index contributed by atoms with van der Waals surface area (Å²) in [7, 11) is 0. The largest absolute Gasteiger partial charge is 0.357 e. The van der Waals surface area contributed by atoms with Crippen LogP contribution < -0.4 is 4.90 Å². The first-order valence-corrected chi connectivity index (χ1v) is 7.54. The fourth-order valence-corrected chi connectivity index (χ4v) is 2.74. The maximum atomic E-state index is 5.80. The first-order chi connectivity index (χ1) is 8.86. The topological polar surface area (TPSA) is 29.0 Å². The number of hydrogen-bond donors (Lipinski definition) is 0. The van der Waals surface area contributed by atoms with E-state index in [1.807, 2.05) is 0 Å². The molecule has 0 saturated heterocycles. The van der Waals surface area contributed by atoms with Gasteiger partial charge >= 0.3 is 0 Å². The molecule has 0 N–H and O–H groups in total. The zero-order chi connectivity index (χ0) is 12.8. The van der Waals surface area contributed by atoms with E-state index in [0.29, 0.717) is 5.88 Å². The van der Waals surface area contributed by atoms with Gasteiger partial charge in [-0.15, -0.1) is 11.6 Å². The summed E-state index contributed by atoms with van der Waals surface area (Å²) in [6.45, 7) is 4.16. The van der Waals surface area contributed by atoms with Crippen molar-refractivity contribution in [1.29, 1.82) is 0 Å². The molecule has 0 unspecified atom stereocenters. The second-order valence-electron chi connectivity index (χ2n) is 4.81. The van der Waals surface area contributed by atoms with Crippen molar-refractivity contribution in [2.45, 2.75) is 45.4 Å². The quantitative estimate of drug-likeness (QED) is 0.606. The molecule has 0 aromatic carbocycles. The molecule has 2 rings (SSSR count). The number of hydrogen-bond acceptors (Lipinski definition) is 3. The predicted molar refractivity (Wildman–Crippen MR) is 76.5 cm³/mol. The highest BCUT2D eigenvalue weighted by Crippen LogP contribution is 2.26. The third-order valence-electron chi connectivity index (χ3n) is 3.60. The number of halogens is 1. The van der Waals surface area contributed by atoms with Crippen molar-refractivity contribution in [2.24, 2.45) is 0 Å². The fraction of sp³-hybridized carbons (Fsp3) is 0.714. The van der Waals surface area contributed by atoms with Crippen molar-refractivity contribution in [2.75, 3.05) is 23.9 Å². The Bertz CT molecular complexity index is 381. The summed E-state index contributed by atoms with van der Waals surface area (Å²) >= 11 is 5.80. The van der Waals surface area contributed by atoms with Crippen LogP contribution in [0.25, 0.3) is 0 Å². The van der Waals surface area contributed by atoms with Crippen molar-refractivity contribution in [1.82, 2.24) is 9.97 Å². The zero-order valence-corrected chi connectivity index (χ0v) is 11.9. The SMILES string of the molecule is CCN(CCCCl)c1ncnc2c1CCCCC2. The van der Waals surface area contributed by atoms with Crippen LogP contribution in [0.5, 0.6) is 0 Å². The molecule has 1 aromatic heterocycles. The summed E-state index contributed by atoms with van der Waals surface area (Å²) in [6, 6.07) is 0. The van der Waals surface area contributed by atoms with E-state index >= 15 is 0 Å². The first kappa shape index (κ1) is 13.6. The minimum atomic E-state index is 0.712. The highest BCUT2D eigenvalue weighted by molar-refractivity contribution is 6.17. The van der Waals surface area contributed by atoms with Gasteiger partial charge in [-0.25, -0.2) is 9.97 Å². The monoisotopic (exact) mass is 267 g/mol. The number of nitrogens with zero attached hydrogens (tertiary/aromatic N) is 3. The molecule has 0 bridgehead atoms. The number of fused-ring (bicyclic) bond motifs is 1. The second-order valence-corrected chi connectivity index (χ2v) is 5.18. The fourth-order valence-electron chi connectivity index (χ4n) is 2.62. The van der Waals surface area contributed by atoms with Gasteiger partial charge in [-0.05, 0) is 39.0 Å². The molecule has 0 radical (unpaired) electrons. The summed E-state index contributed by atoms with van der Waals surface area (Å²) < 4.78 is 0. The molecular weight excluding hydrogens is 246 g/mol. The third kappa shape index (κ3) is 3.14. The molecule has 100 valence electrons. The molecule has 4 heteroatoms. The number of rotatable bonds is 5. The maximum absolute atomic E-state index is 5.80. The van der Waals surface area contributed by atoms with Crippen molar-refractivity contribution in [3.05, 3.63) is 17.6 Å². The lowest BCUT2D eigenvalue weighted by Crippen LogP contribution is -2.27. The highest BCUT2D eigenvalue weighted by atomic mass is 35.5. The van der Waals surface area contributed by atoms with Crippen molar-refractivity contribution in [3.8, 4) is 0 Å². The van der Waals surface area contributed by atoms with Crippen molar-refractivity contribution >= 4 is 17.4 Å². The van der Waals surface area contributed by atoms with Crippen LogP contribution in [0.3, 0.4) is 0 Å². The van der Waals surface area contributed by atoms with Gasteiger partial charge in [-0.1, -0.05) is 6.42 Å². The van der Waals surface area contributed by atoms with E-state index in [1.165, 1.54) is 30.5 Å². The van der Waals surface area contributed by atoms with Gasteiger partial charge in [-0.2, -0.15) is 0 Å². The summed E-state index contributed by atoms with van der Waals surface area (Å²) in [4.78, 5) is 11.3. The molecule has 1 aromatic rings. The van der Waals surface area contributed by atoms with Crippen molar-refractivity contribution < 1.29 is 0 Å². The van der Waals surface area contributed by atoms with Crippen LogP contribution in [0.2, 0.25) is 0 Å². The minimum absolute atomic E-state index is 0.712. The Morgan fingerprint density at radius 2 is 2.06 bits per heavy atom. The Labute approximate surface area is 115 Å². The second kappa shape index (κ2) is 6.93. The minimum Gasteiger partial charge on any atom is -0.357 e. The van der Waals surface area contributed by atoms with Gasteiger partial charge in [0.05, 0.1) is 0 Å². The van der Waals surface area contributed by atoms with Crippen LogP contribution in [-0.2, 0) is 12.8 Å². The molecular formula is C14H22ClN3. The van der Waals surface area contributed by atoms with Crippen LogP contribution in [0.15, 0.2) is 6.33 Å². The maximum Gasteiger partial charge on any atom is 0.135 e. The Hall–Kier alpha value is -0.830. The van der Waals surface area contributed by atoms with E-state index in [4.69, 9.17) is 11.6 Å². The Kier molecular flexibility index (Phi) is 5.24. The molecule has 0 saturated carbocycles. The Morgan fingerprint density at radius 1 is 1.22 bits per heavy atom. The normalized spacial score (nSPS) is 15.0. The smallest absolute Gasteiger partial charge is 0.135 e. The first-order valence-electron chi connectivity index (χ1n) is 7.00. The average Bonchev–Trinajstić information content (AvgIpc) is 2.65. The summed E-state index contributed by atoms with van der Waals surface area (Å²) in [6.07, 6.45) is 8.80. The van der Waals surface area contributed by atoms with Gasteiger partial charge in [-0.3, -0.25) is 0 Å². The van der Waals surface area contributed by atoms with E-state index in [1.54, 1.807) is 6.33 Å². The third-order valence-corrected chi connectivity index (χ3v) is 3.86. The standard InChI is InChI=1S/C14H22ClN3/c1-2-18(10-6-9-15)14-12-7-4-3-5-8-13(12)16-11-17-14/h11H,2-10H2,1H3. The molecule has 1 aliphatic carbocycles. The lowest BCUT2D eigenvalue weighted by molar-refractivity contribution is 0.707. The van der Waals surface area contributed by atoms with E-state index in [2.05, 4.69) is 21.8 Å². The van der Waals surface area contributed by atoms with E-state index in [0.717, 1.165) is 38.2 Å². The molecule has 0 spiro atoms. The molecule has 18 heavy (non-hydrogen) atoms. The number of aromatic nitrogens is 2. The van der Waals surface area contributed by atoms with Crippen LogP contribution in [0.1, 0.15) is 43.9 Å². The van der Waals surface area contributed by atoms with E-state index < -0.39 is 0 Å². The molecule has 0 aliphatic heterocycles. The van der Waals surface area contributed by atoms with Gasteiger partial charge < -0.3 is 4.90 Å². The molecule has 1 aliphatic rings. The molecule has 3 nitrogen and oxygen atoms in total. The lowest BCUT2D eigenvalue weighted by Gasteiger charge is -2.24. The van der Waals surface area contributed by atoms with Gasteiger partial charge in [0, 0.05) is 30.2 Å². The van der Waals surface area contributed by atoms with Crippen molar-refractivity contribution in [3.63, 3.8) is 0 Å². The van der Waals surface area contributed by atoms with Crippen LogP contribution in [0, 0.1) is 0 Å². The van der Waals surface area contributed by atoms with E-state index in [9.17, 15) is 0 Å². The summed E-state index contributed by atoms with van der Waals surface area (Å²) in [5.74, 6) is 1.86. The highest BCUT2D eigenvalue weighted by Gasteiger charge is 2.17. The zero-order valence-electron chi connectivity index (χ0n) is 11.2. The van der Waals surface area contributed by atoms with Gasteiger partial charge in [0.2, 0.25) is 0 Å². The molecule has 1 heterocycles. The number of alkyl halides is 1. The number of anilines is 1. The summed E-state index contributed by atoms with van der Waals surface area (Å²) in [5, 5.41) is 0. The van der Waals surface area contributed by atoms with Crippen LogP contribution >= 0.6 is 11.6 Å². The van der Waals surface area contributed by atoms with Crippen LogP contribution in [0.4, 0.5) is 5.82 Å². The predicted octanol–water partition coefficient (Wildman–Crippen LogP) is 3.20. The van der Waals surface area contributed by atoms with Crippen LogP contribution in [-0.4, -0.2) is 28.9 Å². The lowest BCUT2D eigenvalue weighted by atomic mass is 10.1. The average molecular weight is 268 g/mol. The van der Waals surface area contributed by atoms with E-state index in [-0.39, 0.29) is 0 Å². The summed E-state index contributed by atoms with van der Waals surface area (Å²) in [5.41, 5.74) is 2.65.